The Balaban J connectivity index is 1.84. The molecule has 4 rings (SSSR count). The highest BCUT2D eigenvalue weighted by molar-refractivity contribution is 6.22. The fourth-order valence-electron chi connectivity index (χ4n) is 4.12. The molecule has 4 aromatic rings. The van der Waals surface area contributed by atoms with Crippen molar-refractivity contribution in [1.82, 2.24) is 10.3 Å². The average molecular weight is 501 g/mol. The molecule has 8 heteroatoms. The largest absolute Gasteiger partial charge is 0.494 e. The van der Waals surface area contributed by atoms with Crippen LogP contribution in [0.5, 0.6) is 17.4 Å². The molecule has 3 N–H and O–H groups in total. The molecule has 0 saturated heterocycles. The molecule has 0 radical (unpaired) electrons. The molecule has 0 spiro atoms. The van der Waals surface area contributed by atoms with Gasteiger partial charge in [-0.25, -0.2) is 4.99 Å². The molecule has 192 valence electrons. The van der Waals surface area contributed by atoms with Gasteiger partial charge < -0.3 is 29.8 Å². The first-order valence-corrected chi connectivity index (χ1v) is 12.3. The fraction of sp³-hybridized carbons (Fsp3) is 0.241. The molecule has 8 nitrogen and oxygen atoms in total. The van der Waals surface area contributed by atoms with E-state index in [2.05, 4.69) is 10.3 Å². The molecule has 0 atom stereocenters. The van der Waals surface area contributed by atoms with Gasteiger partial charge in [-0.3, -0.25) is 4.79 Å². The van der Waals surface area contributed by atoms with Crippen molar-refractivity contribution in [3.05, 3.63) is 77.9 Å². The van der Waals surface area contributed by atoms with Gasteiger partial charge in [0.2, 0.25) is 5.91 Å². The molecule has 1 amide bonds. The number of aliphatic imine (C=N–C) groups is 1. The Morgan fingerprint density at radius 2 is 1.65 bits per heavy atom. The fourth-order valence-corrected chi connectivity index (χ4v) is 4.12. The van der Waals surface area contributed by atoms with Crippen LogP contribution >= 0.6 is 0 Å². The summed E-state index contributed by atoms with van der Waals surface area (Å²) in [6.07, 6.45) is 0. The number of carbonyl (C=O) groups excluding carboxylic acids is 1. The molecule has 3 aromatic carbocycles. The Morgan fingerprint density at radius 1 is 1.00 bits per heavy atom. The minimum absolute atomic E-state index is 0.00251. The highest BCUT2D eigenvalue weighted by atomic mass is 16.5. The predicted molar refractivity (Wildman–Crippen MR) is 148 cm³/mol. The summed E-state index contributed by atoms with van der Waals surface area (Å²) in [6, 6.07) is 20.8. The van der Waals surface area contributed by atoms with Gasteiger partial charge in [-0.2, -0.15) is 0 Å². The number of ether oxygens (including phenoxy) is 2. The zero-order chi connectivity index (χ0) is 26.4. The van der Waals surface area contributed by atoms with E-state index in [4.69, 9.17) is 14.5 Å². The third kappa shape index (κ3) is 5.59. The minimum Gasteiger partial charge on any atom is -0.494 e. The van der Waals surface area contributed by atoms with Crippen LogP contribution in [0.2, 0.25) is 0 Å². The quantitative estimate of drug-likeness (QED) is 0.266. The molecule has 0 saturated carbocycles. The van der Waals surface area contributed by atoms with E-state index in [1.54, 1.807) is 19.0 Å². The average Bonchev–Trinajstić information content (AvgIpc) is 3.22. The van der Waals surface area contributed by atoms with E-state index in [1.807, 2.05) is 80.6 Å². The number of carbonyl (C=O) groups is 1. The minimum atomic E-state index is -0.0380. The summed E-state index contributed by atoms with van der Waals surface area (Å²) in [5, 5.41) is 14.7. The number of fused-ring (bicyclic) bond motifs is 1. The third-order valence-electron chi connectivity index (χ3n) is 5.91. The van der Waals surface area contributed by atoms with Crippen molar-refractivity contribution in [3.8, 4) is 17.4 Å². The number of amides is 1. The SMILES string of the molecule is CCOc1cc2[nH]c(O)c(C(=Nc3ccc(N(C)C(=O)CNC)cc3)c3ccccc3)c2cc1OCC. The maximum Gasteiger partial charge on any atom is 0.240 e. The number of aromatic nitrogens is 1. The summed E-state index contributed by atoms with van der Waals surface area (Å²) >= 11 is 0. The van der Waals surface area contributed by atoms with Crippen LogP contribution in [-0.2, 0) is 4.79 Å². The second-order valence-electron chi connectivity index (χ2n) is 8.39. The maximum absolute atomic E-state index is 12.2. The Labute approximate surface area is 216 Å². The molecule has 1 heterocycles. The van der Waals surface area contributed by atoms with Crippen LogP contribution in [0.4, 0.5) is 11.4 Å². The van der Waals surface area contributed by atoms with Crippen molar-refractivity contribution in [2.75, 3.05) is 38.8 Å². The number of H-pyrrole nitrogens is 1. The second-order valence-corrected chi connectivity index (χ2v) is 8.39. The third-order valence-corrected chi connectivity index (χ3v) is 5.91. The van der Waals surface area contributed by atoms with Crippen molar-refractivity contribution in [2.24, 2.45) is 4.99 Å². The summed E-state index contributed by atoms with van der Waals surface area (Å²) in [5.74, 6) is 1.17. The molecule has 0 aliphatic carbocycles. The lowest BCUT2D eigenvalue weighted by molar-refractivity contribution is -0.117. The van der Waals surface area contributed by atoms with Gasteiger partial charge in [0.1, 0.15) is 0 Å². The van der Waals surface area contributed by atoms with Crippen molar-refractivity contribution < 1.29 is 19.4 Å². The lowest BCUT2D eigenvalue weighted by Crippen LogP contribution is -2.33. The summed E-state index contributed by atoms with van der Waals surface area (Å²) < 4.78 is 11.6. The lowest BCUT2D eigenvalue weighted by atomic mass is 10.0. The maximum atomic E-state index is 12.2. The lowest BCUT2D eigenvalue weighted by Gasteiger charge is -2.17. The van der Waals surface area contributed by atoms with Crippen LogP contribution in [0, 0.1) is 0 Å². The van der Waals surface area contributed by atoms with Crippen LogP contribution in [0.1, 0.15) is 25.0 Å². The van der Waals surface area contributed by atoms with Gasteiger partial charge in [0.05, 0.1) is 42.2 Å². The van der Waals surface area contributed by atoms with E-state index in [9.17, 15) is 9.90 Å². The van der Waals surface area contributed by atoms with Gasteiger partial charge >= 0.3 is 0 Å². The first-order chi connectivity index (χ1) is 18.0. The van der Waals surface area contributed by atoms with E-state index in [-0.39, 0.29) is 18.3 Å². The standard InChI is InChI=1S/C29H32N4O4/c1-5-36-24-16-22-23(17-25(24)37-6-2)32-29(35)27(22)28(19-10-8-7-9-11-19)31-20-12-14-21(15-13-20)33(4)26(34)18-30-3/h7-17,30,32,35H,5-6,18H2,1-4H3. The Kier molecular flexibility index (Phi) is 8.10. The normalized spacial score (nSPS) is 11.5. The van der Waals surface area contributed by atoms with Gasteiger partial charge in [-0.05, 0) is 51.2 Å². The highest BCUT2D eigenvalue weighted by Crippen LogP contribution is 2.38. The van der Waals surface area contributed by atoms with Gasteiger partial charge in [0.25, 0.3) is 0 Å². The van der Waals surface area contributed by atoms with Crippen LogP contribution in [0.25, 0.3) is 10.9 Å². The summed E-state index contributed by atoms with van der Waals surface area (Å²) in [7, 11) is 3.48. The number of hydrogen-bond acceptors (Lipinski definition) is 6. The number of nitrogens with one attached hydrogen (secondary N) is 2. The van der Waals surface area contributed by atoms with E-state index in [0.717, 1.165) is 16.6 Å². The first-order valence-electron chi connectivity index (χ1n) is 12.3. The van der Waals surface area contributed by atoms with E-state index in [1.165, 1.54) is 0 Å². The number of hydrogen-bond donors (Lipinski definition) is 3. The van der Waals surface area contributed by atoms with E-state index < -0.39 is 0 Å². The van der Waals surface area contributed by atoms with Gasteiger partial charge in [0, 0.05) is 29.8 Å². The Morgan fingerprint density at radius 3 is 2.27 bits per heavy atom. The Bertz CT molecular complexity index is 1400. The number of rotatable bonds is 10. The van der Waals surface area contributed by atoms with Gasteiger partial charge in [0.15, 0.2) is 17.4 Å². The van der Waals surface area contributed by atoms with E-state index >= 15 is 0 Å². The number of aromatic amines is 1. The molecule has 0 fully saturated rings. The summed E-state index contributed by atoms with van der Waals surface area (Å²) in [6.45, 7) is 5.06. The first kappa shape index (κ1) is 25.8. The molecule has 37 heavy (non-hydrogen) atoms. The van der Waals surface area contributed by atoms with Crippen molar-refractivity contribution in [3.63, 3.8) is 0 Å². The van der Waals surface area contributed by atoms with E-state index in [0.29, 0.717) is 47.2 Å². The van der Waals surface area contributed by atoms with Crippen molar-refractivity contribution in [2.45, 2.75) is 13.8 Å². The highest BCUT2D eigenvalue weighted by Gasteiger charge is 2.21. The topological polar surface area (TPSA) is 99.2 Å². The summed E-state index contributed by atoms with van der Waals surface area (Å²) in [5.41, 5.74) is 4.17. The van der Waals surface area contributed by atoms with Crippen LogP contribution in [-0.4, -0.2) is 55.6 Å². The second kappa shape index (κ2) is 11.6. The van der Waals surface area contributed by atoms with Gasteiger partial charge in [-0.1, -0.05) is 30.3 Å². The number of benzene rings is 3. The predicted octanol–water partition coefficient (Wildman–Crippen LogP) is 5.02. The van der Waals surface area contributed by atoms with Crippen molar-refractivity contribution in [1.29, 1.82) is 0 Å². The summed E-state index contributed by atoms with van der Waals surface area (Å²) in [4.78, 5) is 21.8. The van der Waals surface area contributed by atoms with Crippen LogP contribution in [0.3, 0.4) is 0 Å². The van der Waals surface area contributed by atoms with Crippen LogP contribution < -0.4 is 19.7 Å². The molecule has 0 unspecified atom stereocenters. The smallest absolute Gasteiger partial charge is 0.240 e. The number of anilines is 1. The zero-order valence-electron chi connectivity index (χ0n) is 21.5. The zero-order valence-corrected chi connectivity index (χ0v) is 21.5. The monoisotopic (exact) mass is 500 g/mol. The van der Waals surface area contributed by atoms with Crippen molar-refractivity contribution >= 4 is 33.9 Å². The molecular weight excluding hydrogens is 468 g/mol. The number of likely N-dealkylation sites (N-methyl/N-ethyl adjacent to an activating group) is 2. The molecular formula is C29H32N4O4. The molecule has 0 aliphatic rings. The Hall–Kier alpha value is -4.30. The number of nitrogens with zero attached hydrogens (tertiary/aromatic N) is 2. The van der Waals surface area contributed by atoms with Gasteiger partial charge in [-0.15, -0.1) is 0 Å². The molecule has 0 bridgehead atoms. The van der Waals surface area contributed by atoms with Crippen LogP contribution in [0.15, 0.2) is 71.7 Å². The molecule has 1 aromatic heterocycles. The molecule has 0 aliphatic heterocycles. The number of aromatic hydroxyl groups is 1.